The molecule has 0 radical (unpaired) electrons. The molecule has 44 heavy (non-hydrogen) atoms. The van der Waals surface area contributed by atoms with Crippen LogP contribution >= 0.6 is 0 Å². The first-order valence-corrected chi connectivity index (χ1v) is 18.0. The van der Waals surface area contributed by atoms with Gasteiger partial charge in [-0.25, -0.2) is 0 Å². The van der Waals surface area contributed by atoms with Crippen molar-refractivity contribution < 1.29 is 14.6 Å². The highest BCUT2D eigenvalue weighted by Crippen LogP contribution is 2.68. The highest BCUT2D eigenvalue weighted by molar-refractivity contribution is 5.14. The van der Waals surface area contributed by atoms with E-state index in [-0.39, 0.29) is 6.61 Å². The number of aliphatic hydroxyl groups is 1. The fraction of sp³-hybridized carbons (Fsp3) is 0.838. The largest absolute Gasteiger partial charge is 0.395 e. The number of ether oxygens (including phenoxy) is 2. The van der Waals surface area contributed by atoms with Crippen LogP contribution in [0.5, 0.6) is 0 Å². The van der Waals surface area contributed by atoms with Gasteiger partial charge in [0.1, 0.15) is 0 Å². The summed E-state index contributed by atoms with van der Waals surface area (Å²) in [5.41, 5.74) is 18.8. The van der Waals surface area contributed by atoms with E-state index in [1.807, 2.05) is 0 Å². The molecular weight excluding hydrogens is 548 g/mol. The van der Waals surface area contributed by atoms with Crippen molar-refractivity contribution in [3.8, 4) is 0 Å². The zero-order valence-corrected chi connectivity index (χ0v) is 28.3. The number of fused-ring (bicyclic) bond motifs is 5. The number of unbranched alkanes of at least 4 members (excludes halogenated alkanes) is 1. The number of hydrogen-bond acceptors (Lipinski definition) is 7. The number of hydrogen-bond donors (Lipinski definition) is 4. The summed E-state index contributed by atoms with van der Waals surface area (Å²) in [7, 11) is 2.28. The van der Waals surface area contributed by atoms with Gasteiger partial charge in [0.15, 0.2) is 0 Å². The van der Waals surface area contributed by atoms with E-state index in [1.165, 1.54) is 82.7 Å². The van der Waals surface area contributed by atoms with Crippen molar-refractivity contribution in [3.05, 3.63) is 35.9 Å². The van der Waals surface area contributed by atoms with Crippen LogP contribution in [-0.2, 0) is 16.0 Å². The van der Waals surface area contributed by atoms with E-state index in [2.05, 4.69) is 56.1 Å². The zero-order valence-electron chi connectivity index (χ0n) is 28.3. The lowest BCUT2D eigenvalue weighted by Gasteiger charge is -2.63. The lowest BCUT2D eigenvalue weighted by Crippen LogP contribution is -2.59. The summed E-state index contributed by atoms with van der Waals surface area (Å²) in [6.45, 7) is 10.7. The molecule has 9 atom stereocenters. The van der Waals surface area contributed by atoms with Crippen LogP contribution in [0.1, 0.15) is 90.0 Å². The second-order valence-electron chi connectivity index (χ2n) is 15.0. The lowest BCUT2D eigenvalue weighted by atomic mass is 9.44. The number of nitrogens with zero attached hydrogens (tertiary/aromatic N) is 1. The Kier molecular flexibility index (Phi) is 14.0. The van der Waals surface area contributed by atoms with Crippen LogP contribution in [0.4, 0.5) is 0 Å². The lowest BCUT2D eigenvalue weighted by molar-refractivity contribution is -0.189. The Morgan fingerprint density at radius 2 is 1.52 bits per heavy atom. The Balaban J connectivity index is 0.00000104. The number of aliphatic hydroxyl groups excluding tert-OH is 1. The minimum absolute atomic E-state index is 0.0972. The Morgan fingerprint density at radius 1 is 0.841 bits per heavy atom. The summed E-state index contributed by atoms with van der Waals surface area (Å²) < 4.78 is 12.9. The van der Waals surface area contributed by atoms with E-state index in [4.69, 9.17) is 31.8 Å². The highest BCUT2D eigenvalue weighted by atomic mass is 16.5. The van der Waals surface area contributed by atoms with E-state index in [0.29, 0.717) is 67.7 Å². The third kappa shape index (κ3) is 8.44. The molecule has 252 valence electrons. The second-order valence-corrected chi connectivity index (χ2v) is 15.0. The van der Waals surface area contributed by atoms with Crippen LogP contribution < -0.4 is 17.2 Å². The molecule has 0 amide bonds. The van der Waals surface area contributed by atoms with Gasteiger partial charge >= 0.3 is 0 Å². The van der Waals surface area contributed by atoms with Crippen LogP contribution in [0.15, 0.2) is 30.3 Å². The fourth-order valence-corrected chi connectivity index (χ4v) is 10.3. The van der Waals surface area contributed by atoms with Gasteiger partial charge in [0.2, 0.25) is 0 Å². The maximum absolute atomic E-state index is 7.75. The number of benzene rings is 1. The van der Waals surface area contributed by atoms with E-state index in [1.54, 1.807) is 0 Å². The summed E-state index contributed by atoms with van der Waals surface area (Å²) in [4.78, 5) is 2.49. The van der Waals surface area contributed by atoms with Gasteiger partial charge in [0, 0.05) is 26.2 Å². The third-order valence-electron chi connectivity index (χ3n) is 12.5. The van der Waals surface area contributed by atoms with Crippen molar-refractivity contribution in [1.82, 2.24) is 4.90 Å². The normalized spacial score (nSPS) is 36.2. The van der Waals surface area contributed by atoms with Crippen LogP contribution in [0, 0.1) is 40.4 Å². The van der Waals surface area contributed by atoms with E-state index < -0.39 is 0 Å². The molecule has 7 heteroatoms. The van der Waals surface area contributed by atoms with E-state index in [9.17, 15) is 0 Å². The predicted molar refractivity (Wildman–Crippen MR) is 181 cm³/mol. The van der Waals surface area contributed by atoms with Crippen molar-refractivity contribution in [3.63, 3.8) is 0 Å². The summed E-state index contributed by atoms with van der Waals surface area (Å²) in [6, 6.07) is 10.9. The van der Waals surface area contributed by atoms with Crippen molar-refractivity contribution in [1.29, 1.82) is 0 Å². The molecule has 1 aromatic rings. The SMILES string of the molecule is CN(CCCC[C@H]1CCC2C3C(OCCN)CC4C[C@H](OCCN)CC[C@]4(C)C3CC[C@@]21C)Cc1ccccc1.NCCO. The summed E-state index contributed by atoms with van der Waals surface area (Å²) >= 11 is 0. The zero-order chi connectivity index (χ0) is 31.6. The standard InChI is InChI=1S/C35H59N3O2.C2H7NO/c1-34-17-15-31-33(32(40-22-19-37)24-28-23-29(39-21-18-36)14-16-35(28,31)2)30(34)13-12-27(34)11-7-8-20-38(3)25-26-9-5-4-6-10-26;3-1-2-4/h4-6,9-10,27-33H,7-8,11-25,36-37H2,1-3H3;4H,1-3H2/t27-,28?,29+,30?,31?,32?,33?,34+,35-;/m0./s1. The average molecular weight is 615 g/mol. The molecule has 7 N–H and O–H groups in total. The van der Waals surface area contributed by atoms with Crippen LogP contribution in [0.3, 0.4) is 0 Å². The maximum atomic E-state index is 7.75. The number of nitrogens with two attached hydrogens (primary N) is 3. The topological polar surface area (TPSA) is 120 Å². The first-order valence-electron chi connectivity index (χ1n) is 18.0. The molecule has 0 aromatic heterocycles. The second kappa shape index (κ2) is 17.2. The van der Waals surface area contributed by atoms with Gasteiger partial charge in [0.05, 0.1) is 32.0 Å². The Morgan fingerprint density at radius 3 is 2.23 bits per heavy atom. The molecule has 5 unspecified atom stereocenters. The molecule has 5 rings (SSSR count). The maximum Gasteiger partial charge on any atom is 0.0612 e. The molecular formula is C37H66N4O3. The molecule has 0 bridgehead atoms. The fourth-order valence-electron chi connectivity index (χ4n) is 10.3. The molecule has 4 aliphatic rings. The minimum Gasteiger partial charge on any atom is -0.395 e. The molecule has 4 fully saturated rings. The van der Waals surface area contributed by atoms with Gasteiger partial charge in [-0.1, -0.05) is 50.6 Å². The van der Waals surface area contributed by atoms with Gasteiger partial charge in [-0.05, 0) is 124 Å². The predicted octanol–water partition coefficient (Wildman–Crippen LogP) is 5.18. The van der Waals surface area contributed by atoms with Crippen molar-refractivity contribution in [2.24, 2.45) is 57.6 Å². The smallest absolute Gasteiger partial charge is 0.0612 e. The quantitative estimate of drug-likeness (QED) is 0.213. The van der Waals surface area contributed by atoms with Crippen molar-refractivity contribution >= 4 is 0 Å². The van der Waals surface area contributed by atoms with Gasteiger partial charge in [-0.3, -0.25) is 0 Å². The monoisotopic (exact) mass is 615 g/mol. The van der Waals surface area contributed by atoms with Crippen LogP contribution in [-0.4, -0.2) is 75.3 Å². The van der Waals surface area contributed by atoms with Crippen molar-refractivity contribution in [2.45, 2.75) is 103 Å². The molecule has 0 aliphatic heterocycles. The average Bonchev–Trinajstić information content (AvgIpc) is 3.37. The third-order valence-corrected chi connectivity index (χ3v) is 12.5. The molecule has 0 saturated heterocycles. The highest BCUT2D eigenvalue weighted by Gasteiger charge is 2.62. The molecule has 0 spiro atoms. The van der Waals surface area contributed by atoms with Gasteiger partial charge in [0.25, 0.3) is 0 Å². The molecule has 4 aliphatic carbocycles. The van der Waals surface area contributed by atoms with Gasteiger partial charge in [-0.15, -0.1) is 0 Å². The van der Waals surface area contributed by atoms with E-state index >= 15 is 0 Å². The molecule has 1 aromatic carbocycles. The van der Waals surface area contributed by atoms with Gasteiger partial charge < -0.3 is 36.7 Å². The minimum atomic E-state index is 0.0972. The first kappa shape index (κ1) is 35.8. The Labute approximate surface area is 269 Å². The number of rotatable bonds is 14. The summed E-state index contributed by atoms with van der Waals surface area (Å²) in [6.07, 6.45) is 15.3. The van der Waals surface area contributed by atoms with Crippen molar-refractivity contribution in [2.75, 3.05) is 53.0 Å². The van der Waals surface area contributed by atoms with Crippen LogP contribution in [0.2, 0.25) is 0 Å². The molecule has 4 saturated carbocycles. The van der Waals surface area contributed by atoms with E-state index in [0.717, 1.165) is 24.3 Å². The summed E-state index contributed by atoms with van der Waals surface area (Å²) in [5.74, 6) is 3.87. The Hall–Kier alpha value is -1.06. The molecule has 7 nitrogen and oxygen atoms in total. The molecule has 0 heterocycles. The van der Waals surface area contributed by atoms with Crippen LogP contribution in [0.25, 0.3) is 0 Å². The first-order chi connectivity index (χ1) is 21.3. The van der Waals surface area contributed by atoms with Gasteiger partial charge in [-0.2, -0.15) is 0 Å². The Bertz CT molecular complexity index is 950. The summed E-state index contributed by atoms with van der Waals surface area (Å²) in [5, 5.41) is 7.75.